The van der Waals surface area contributed by atoms with Crippen LogP contribution in [0, 0.1) is 5.92 Å². The van der Waals surface area contributed by atoms with Gasteiger partial charge in [-0.15, -0.1) is 11.3 Å². The topological polar surface area (TPSA) is 90.3 Å². The third-order valence-electron chi connectivity index (χ3n) is 6.58. The summed E-state index contributed by atoms with van der Waals surface area (Å²) in [6, 6.07) is 14.5. The molecule has 0 bridgehead atoms. The number of benzene rings is 2. The molecule has 2 aliphatic rings. The van der Waals surface area contributed by atoms with E-state index in [1.54, 1.807) is 34.1 Å². The maximum absolute atomic E-state index is 13.8. The van der Waals surface area contributed by atoms with E-state index in [2.05, 4.69) is 12.2 Å². The van der Waals surface area contributed by atoms with Crippen LogP contribution < -0.4 is 15.6 Å². The number of carbonyl (C=O) groups excluding carboxylic acids is 2. The Morgan fingerprint density at radius 1 is 1.22 bits per heavy atom. The highest BCUT2D eigenvalue weighted by Gasteiger charge is 2.26. The molecule has 0 fully saturated rings. The number of aromatic nitrogens is 2. The summed E-state index contributed by atoms with van der Waals surface area (Å²) in [6.07, 6.45) is 2.94. The molecule has 2 aromatic carbocycles. The van der Waals surface area contributed by atoms with Crippen LogP contribution in [0.15, 0.2) is 58.5 Å². The van der Waals surface area contributed by atoms with Crippen LogP contribution in [-0.2, 0) is 17.6 Å². The van der Waals surface area contributed by atoms with Crippen molar-refractivity contribution in [3.63, 3.8) is 0 Å². The maximum atomic E-state index is 13.8. The smallest absolute Gasteiger partial charge is 0.267 e. The number of ketones is 1. The van der Waals surface area contributed by atoms with Gasteiger partial charge >= 0.3 is 0 Å². The minimum Gasteiger partial charge on any atom is -0.482 e. The fourth-order valence-corrected chi connectivity index (χ4v) is 7.07. The fourth-order valence-electron chi connectivity index (χ4n) is 4.74. The van der Waals surface area contributed by atoms with Gasteiger partial charge in [-0.2, -0.15) is 0 Å². The van der Waals surface area contributed by atoms with E-state index in [1.807, 2.05) is 30.3 Å². The summed E-state index contributed by atoms with van der Waals surface area (Å²) >= 11 is 2.85. The number of anilines is 1. The van der Waals surface area contributed by atoms with Gasteiger partial charge in [0.15, 0.2) is 17.5 Å². The minimum absolute atomic E-state index is 0.0353. The van der Waals surface area contributed by atoms with Gasteiger partial charge in [-0.25, -0.2) is 4.98 Å². The van der Waals surface area contributed by atoms with Gasteiger partial charge in [0.25, 0.3) is 11.5 Å². The Labute approximate surface area is 215 Å². The Bertz CT molecular complexity index is 1580. The molecule has 1 unspecified atom stereocenters. The highest BCUT2D eigenvalue weighted by atomic mass is 32.2. The number of aryl methyl sites for hydroxylation is 1. The number of thioether (sulfide) groups is 1. The number of hydrogen-bond acceptors (Lipinski definition) is 7. The van der Waals surface area contributed by atoms with E-state index >= 15 is 0 Å². The van der Waals surface area contributed by atoms with Crippen LogP contribution in [-0.4, -0.2) is 33.6 Å². The van der Waals surface area contributed by atoms with Crippen LogP contribution in [0.1, 0.15) is 34.1 Å². The third-order valence-corrected chi connectivity index (χ3v) is 8.67. The zero-order valence-corrected chi connectivity index (χ0v) is 21.2. The van der Waals surface area contributed by atoms with Gasteiger partial charge < -0.3 is 10.1 Å². The van der Waals surface area contributed by atoms with Gasteiger partial charge in [0.1, 0.15) is 10.6 Å². The summed E-state index contributed by atoms with van der Waals surface area (Å²) in [5.41, 5.74) is 2.73. The summed E-state index contributed by atoms with van der Waals surface area (Å²) in [6.45, 7) is 2.21. The lowest BCUT2D eigenvalue weighted by molar-refractivity contribution is -0.118. The zero-order valence-electron chi connectivity index (χ0n) is 19.6. The second-order valence-corrected chi connectivity index (χ2v) is 11.2. The summed E-state index contributed by atoms with van der Waals surface area (Å²) in [4.78, 5) is 45.5. The van der Waals surface area contributed by atoms with Crippen LogP contribution in [0.5, 0.6) is 5.75 Å². The van der Waals surface area contributed by atoms with E-state index in [-0.39, 0.29) is 29.6 Å². The monoisotopic (exact) mass is 517 g/mol. The lowest BCUT2D eigenvalue weighted by Crippen LogP contribution is -2.25. The first-order chi connectivity index (χ1) is 17.5. The molecule has 0 saturated carbocycles. The van der Waals surface area contributed by atoms with Crippen molar-refractivity contribution in [3.8, 4) is 11.4 Å². The number of ether oxygens (including phenoxy) is 1. The second-order valence-electron chi connectivity index (χ2n) is 9.16. The number of nitrogens with zero attached hydrogens (tertiary/aromatic N) is 2. The van der Waals surface area contributed by atoms with Crippen LogP contribution in [0.3, 0.4) is 0 Å². The van der Waals surface area contributed by atoms with Gasteiger partial charge in [0.05, 0.1) is 22.5 Å². The number of thiophene rings is 1. The molecule has 4 aromatic rings. The minimum atomic E-state index is -0.251. The van der Waals surface area contributed by atoms with Crippen molar-refractivity contribution >= 4 is 50.7 Å². The van der Waals surface area contributed by atoms with Gasteiger partial charge in [-0.1, -0.05) is 36.9 Å². The largest absolute Gasteiger partial charge is 0.482 e. The first kappa shape index (κ1) is 23.0. The predicted molar refractivity (Wildman–Crippen MR) is 142 cm³/mol. The molecule has 7 nitrogen and oxygen atoms in total. The number of rotatable bonds is 5. The molecule has 1 atom stereocenters. The van der Waals surface area contributed by atoms with E-state index < -0.39 is 0 Å². The average Bonchev–Trinajstić information content (AvgIpc) is 3.24. The van der Waals surface area contributed by atoms with Gasteiger partial charge in [0, 0.05) is 10.4 Å². The third kappa shape index (κ3) is 4.12. The quantitative estimate of drug-likeness (QED) is 0.231. The van der Waals surface area contributed by atoms with E-state index in [4.69, 9.17) is 9.72 Å². The molecule has 182 valence electrons. The van der Waals surface area contributed by atoms with Crippen molar-refractivity contribution in [1.82, 2.24) is 9.55 Å². The number of para-hydroxylation sites is 1. The molecule has 0 saturated heterocycles. The molecule has 3 heterocycles. The number of Topliss-reactive ketones (excluding diaryl/α,β-unsaturated/α-hetero) is 1. The summed E-state index contributed by atoms with van der Waals surface area (Å²) in [5, 5.41) is 3.94. The molecule has 1 aliphatic carbocycles. The number of carbonyl (C=O) groups is 2. The van der Waals surface area contributed by atoms with Crippen molar-refractivity contribution in [2.75, 3.05) is 17.7 Å². The fraction of sp³-hybridized carbons (Fsp3) is 0.259. The van der Waals surface area contributed by atoms with Crippen molar-refractivity contribution in [3.05, 3.63) is 74.9 Å². The molecule has 1 N–H and O–H groups in total. The zero-order chi connectivity index (χ0) is 24.8. The van der Waals surface area contributed by atoms with Crippen LogP contribution >= 0.6 is 23.1 Å². The molecule has 36 heavy (non-hydrogen) atoms. The van der Waals surface area contributed by atoms with Gasteiger partial charge in [0.2, 0.25) is 0 Å². The lowest BCUT2D eigenvalue weighted by Gasteiger charge is -2.18. The molecule has 9 heteroatoms. The molecule has 0 radical (unpaired) electrons. The Morgan fingerprint density at radius 3 is 2.89 bits per heavy atom. The van der Waals surface area contributed by atoms with Crippen molar-refractivity contribution in [2.24, 2.45) is 5.92 Å². The number of amides is 1. The SMILES string of the molecule is CC1CCc2c(sc3nc(SCC(=O)c4ccc5c(c4)NC(=O)CO5)n(-c4ccccc4)c(=O)c23)C1. The number of hydrogen-bond donors (Lipinski definition) is 1. The maximum Gasteiger partial charge on any atom is 0.267 e. The Kier molecular flexibility index (Phi) is 5.89. The predicted octanol–water partition coefficient (Wildman–Crippen LogP) is 4.88. The van der Waals surface area contributed by atoms with Gasteiger partial charge in [-0.3, -0.25) is 19.0 Å². The molecule has 6 rings (SSSR count). The molecule has 0 spiro atoms. The Hall–Kier alpha value is -3.43. The van der Waals surface area contributed by atoms with E-state index in [0.29, 0.717) is 33.5 Å². The molecular weight excluding hydrogens is 494 g/mol. The Balaban J connectivity index is 1.37. The molecule has 2 aromatic heterocycles. The standard InChI is InChI=1S/C27H23N3O4S2/c1-15-7-9-18-22(11-15)36-25-24(18)26(33)30(17-5-3-2-4-6-17)27(29-25)35-14-20(31)16-8-10-21-19(12-16)28-23(32)13-34-21/h2-6,8,10,12,15H,7,9,11,13-14H2,1H3,(H,28,32). The molecule has 1 aliphatic heterocycles. The van der Waals surface area contributed by atoms with Crippen LogP contribution in [0.2, 0.25) is 0 Å². The molecule has 1 amide bonds. The highest BCUT2D eigenvalue weighted by Crippen LogP contribution is 2.37. The lowest BCUT2D eigenvalue weighted by atomic mass is 9.89. The summed E-state index contributed by atoms with van der Waals surface area (Å²) in [7, 11) is 0. The number of fused-ring (bicyclic) bond motifs is 4. The van der Waals surface area contributed by atoms with Crippen LogP contribution in [0.4, 0.5) is 5.69 Å². The number of nitrogens with one attached hydrogen (secondary N) is 1. The van der Waals surface area contributed by atoms with E-state index in [0.717, 1.165) is 35.3 Å². The second kappa shape index (κ2) is 9.22. The van der Waals surface area contributed by atoms with Crippen molar-refractivity contribution in [2.45, 2.75) is 31.3 Å². The van der Waals surface area contributed by atoms with E-state index in [1.165, 1.54) is 16.6 Å². The van der Waals surface area contributed by atoms with E-state index in [9.17, 15) is 14.4 Å². The van der Waals surface area contributed by atoms with Crippen molar-refractivity contribution in [1.29, 1.82) is 0 Å². The summed E-state index contributed by atoms with van der Waals surface area (Å²) < 4.78 is 7.02. The average molecular weight is 518 g/mol. The summed E-state index contributed by atoms with van der Waals surface area (Å²) in [5.74, 6) is 0.857. The first-order valence-corrected chi connectivity index (χ1v) is 13.6. The normalized spacial score (nSPS) is 16.7. The van der Waals surface area contributed by atoms with Crippen LogP contribution in [0.25, 0.3) is 15.9 Å². The highest BCUT2D eigenvalue weighted by molar-refractivity contribution is 7.99. The first-order valence-electron chi connectivity index (χ1n) is 11.8. The van der Waals surface area contributed by atoms with Crippen molar-refractivity contribution < 1.29 is 14.3 Å². The molecular formula is C27H23N3O4S2. The van der Waals surface area contributed by atoms with Gasteiger partial charge in [-0.05, 0) is 61.1 Å². The Morgan fingerprint density at radius 2 is 2.06 bits per heavy atom.